The van der Waals surface area contributed by atoms with Crippen LogP contribution in [0.3, 0.4) is 0 Å². The molecule has 82 valence electrons. The van der Waals surface area contributed by atoms with E-state index in [-0.39, 0.29) is 5.82 Å². The lowest BCUT2D eigenvalue weighted by Gasteiger charge is -2.07. The Morgan fingerprint density at radius 3 is 2.75 bits per heavy atom. The van der Waals surface area contributed by atoms with Gasteiger partial charge in [0.25, 0.3) is 0 Å². The minimum Gasteiger partial charge on any atom is -0.480 e. The molecule has 1 N–H and O–H groups in total. The fourth-order valence-electron chi connectivity index (χ4n) is 1.56. The lowest BCUT2D eigenvalue weighted by Crippen LogP contribution is -2.06. The molecule has 5 nitrogen and oxygen atoms in total. The average molecular weight is 218 g/mol. The molecule has 0 saturated carbocycles. The molecule has 0 unspecified atom stereocenters. The number of rotatable bonds is 2. The van der Waals surface area contributed by atoms with Gasteiger partial charge in [0.05, 0.1) is 18.0 Å². The normalized spacial score (nSPS) is 10.4. The van der Waals surface area contributed by atoms with Crippen LogP contribution in [-0.4, -0.2) is 28.2 Å². The van der Waals surface area contributed by atoms with E-state index in [0.717, 1.165) is 10.9 Å². The zero-order valence-electron chi connectivity index (χ0n) is 8.89. The predicted octanol–water partition coefficient (Wildman–Crippen LogP) is 1.65. The van der Waals surface area contributed by atoms with Gasteiger partial charge in [-0.15, -0.1) is 0 Å². The zero-order valence-corrected chi connectivity index (χ0v) is 8.89. The van der Waals surface area contributed by atoms with E-state index in [1.165, 1.54) is 7.11 Å². The number of ether oxygens (including phenoxy) is 1. The molecule has 0 spiro atoms. The topological polar surface area (TPSA) is 72.3 Å². The minimum absolute atomic E-state index is 0.255. The molecule has 16 heavy (non-hydrogen) atoms. The van der Waals surface area contributed by atoms with Gasteiger partial charge in [-0.1, -0.05) is 12.1 Å². The van der Waals surface area contributed by atoms with Crippen LogP contribution >= 0.6 is 0 Å². The molecule has 0 aliphatic rings. The van der Waals surface area contributed by atoms with Crippen molar-refractivity contribution in [3.8, 4) is 5.88 Å². The summed E-state index contributed by atoms with van der Waals surface area (Å²) in [7, 11) is 1.46. The summed E-state index contributed by atoms with van der Waals surface area (Å²) in [5.74, 6) is -1.13. The molecule has 0 aliphatic heterocycles. The molecule has 1 heterocycles. The van der Waals surface area contributed by atoms with E-state index in [2.05, 4.69) is 9.97 Å². The number of aromatic nitrogens is 2. The number of fused-ring (bicyclic) bond motifs is 1. The van der Waals surface area contributed by atoms with Crippen molar-refractivity contribution < 1.29 is 14.6 Å². The summed E-state index contributed by atoms with van der Waals surface area (Å²) in [5, 5.41) is 9.60. The van der Waals surface area contributed by atoms with Crippen LogP contribution in [-0.2, 0) is 0 Å². The highest BCUT2D eigenvalue weighted by Crippen LogP contribution is 2.25. The number of carboxylic acid groups (broad SMARTS) is 1. The van der Waals surface area contributed by atoms with Crippen LogP contribution in [0.2, 0.25) is 0 Å². The summed E-state index contributed by atoms with van der Waals surface area (Å²) < 4.78 is 5.08. The molecule has 0 amide bonds. The second kappa shape index (κ2) is 3.77. The Hall–Kier alpha value is -2.17. The number of aryl methyl sites for hydroxylation is 1. The summed E-state index contributed by atoms with van der Waals surface area (Å²) in [6.07, 6.45) is 0. The summed E-state index contributed by atoms with van der Waals surface area (Å²) >= 11 is 0. The van der Waals surface area contributed by atoms with Crippen LogP contribution in [0.5, 0.6) is 5.88 Å². The monoisotopic (exact) mass is 218 g/mol. The molecule has 0 saturated heterocycles. The second-order valence-corrected chi connectivity index (χ2v) is 3.33. The third-order valence-corrected chi connectivity index (χ3v) is 2.28. The van der Waals surface area contributed by atoms with Gasteiger partial charge in [0.2, 0.25) is 11.7 Å². The molecule has 0 radical (unpaired) electrons. The van der Waals surface area contributed by atoms with Crippen LogP contribution in [0.15, 0.2) is 18.2 Å². The number of aromatic carboxylic acids is 1. The van der Waals surface area contributed by atoms with Crippen molar-refractivity contribution in [3.63, 3.8) is 0 Å². The Bertz CT molecular complexity index is 566. The highest BCUT2D eigenvalue weighted by molar-refractivity contribution is 5.91. The van der Waals surface area contributed by atoms with E-state index in [1.54, 1.807) is 6.07 Å². The Labute approximate surface area is 91.7 Å². The number of carboxylic acids is 1. The minimum atomic E-state index is -1.17. The highest BCUT2D eigenvalue weighted by Gasteiger charge is 2.14. The summed E-state index contributed by atoms with van der Waals surface area (Å²) in [6, 6.07) is 5.45. The van der Waals surface area contributed by atoms with Crippen molar-refractivity contribution in [2.24, 2.45) is 0 Å². The van der Waals surface area contributed by atoms with Crippen molar-refractivity contribution >= 4 is 16.9 Å². The van der Waals surface area contributed by atoms with Gasteiger partial charge in [0, 0.05) is 0 Å². The SMILES string of the molecule is COc1nc(C(=O)O)nc2cccc(C)c12. The van der Waals surface area contributed by atoms with E-state index in [0.29, 0.717) is 11.4 Å². The average Bonchev–Trinajstić information content (AvgIpc) is 2.27. The van der Waals surface area contributed by atoms with Crippen LogP contribution < -0.4 is 4.74 Å². The Kier molecular flexibility index (Phi) is 2.44. The first kappa shape index (κ1) is 10.4. The maximum Gasteiger partial charge on any atom is 0.374 e. The van der Waals surface area contributed by atoms with Crippen LogP contribution in [0, 0.1) is 6.92 Å². The lowest BCUT2D eigenvalue weighted by atomic mass is 10.1. The van der Waals surface area contributed by atoms with Gasteiger partial charge >= 0.3 is 5.97 Å². The highest BCUT2D eigenvalue weighted by atomic mass is 16.5. The molecule has 1 aromatic heterocycles. The van der Waals surface area contributed by atoms with Crippen LogP contribution in [0.25, 0.3) is 10.9 Å². The smallest absolute Gasteiger partial charge is 0.374 e. The standard InChI is InChI=1S/C11H10N2O3/c1-6-4-3-5-7-8(6)10(16-2)13-9(12-7)11(14)15/h3-5H,1-2H3,(H,14,15). The number of hydrogen-bond acceptors (Lipinski definition) is 4. The lowest BCUT2D eigenvalue weighted by molar-refractivity contribution is 0.0683. The molecular weight excluding hydrogens is 208 g/mol. The van der Waals surface area contributed by atoms with E-state index in [4.69, 9.17) is 9.84 Å². The molecule has 5 heteroatoms. The first-order valence-corrected chi connectivity index (χ1v) is 4.68. The Morgan fingerprint density at radius 1 is 1.38 bits per heavy atom. The molecule has 0 aliphatic carbocycles. The number of methoxy groups -OCH3 is 1. The largest absolute Gasteiger partial charge is 0.480 e. The van der Waals surface area contributed by atoms with Crippen molar-refractivity contribution in [1.82, 2.24) is 9.97 Å². The molecule has 0 bridgehead atoms. The molecule has 2 rings (SSSR count). The molecule has 0 atom stereocenters. The molecular formula is C11H10N2O3. The van der Waals surface area contributed by atoms with Gasteiger partial charge in [-0.3, -0.25) is 0 Å². The quantitative estimate of drug-likeness (QED) is 0.829. The third kappa shape index (κ3) is 1.56. The van der Waals surface area contributed by atoms with E-state index in [9.17, 15) is 4.79 Å². The summed E-state index contributed by atoms with van der Waals surface area (Å²) in [4.78, 5) is 18.6. The van der Waals surface area contributed by atoms with E-state index >= 15 is 0 Å². The summed E-state index contributed by atoms with van der Waals surface area (Å²) in [6.45, 7) is 1.90. The van der Waals surface area contributed by atoms with Crippen LogP contribution in [0.1, 0.15) is 16.2 Å². The first-order chi connectivity index (χ1) is 7.63. The molecule has 1 aromatic carbocycles. The maximum atomic E-state index is 10.8. The third-order valence-electron chi connectivity index (χ3n) is 2.28. The fraction of sp³-hybridized carbons (Fsp3) is 0.182. The molecule has 2 aromatic rings. The fourth-order valence-corrected chi connectivity index (χ4v) is 1.56. The first-order valence-electron chi connectivity index (χ1n) is 4.68. The van der Waals surface area contributed by atoms with Gasteiger partial charge in [0.1, 0.15) is 0 Å². The second-order valence-electron chi connectivity index (χ2n) is 3.33. The van der Waals surface area contributed by atoms with Crippen molar-refractivity contribution in [3.05, 3.63) is 29.6 Å². The maximum absolute atomic E-state index is 10.8. The van der Waals surface area contributed by atoms with Crippen molar-refractivity contribution in [2.45, 2.75) is 6.92 Å². The van der Waals surface area contributed by atoms with Gasteiger partial charge in [-0.05, 0) is 18.6 Å². The van der Waals surface area contributed by atoms with E-state index < -0.39 is 5.97 Å². The number of benzene rings is 1. The zero-order chi connectivity index (χ0) is 11.7. The number of carbonyl (C=O) groups is 1. The van der Waals surface area contributed by atoms with Gasteiger partial charge in [-0.2, -0.15) is 4.98 Å². The van der Waals surface area contributed by atoms with E-state index in [1.807, 2.05) is 19.1 Å². The number of nitrogens with zero attached hydrogens (tertiary/aromatic N) is 2. The van der Waals surface area contributed by atoms with Gasteiger partial charge in [0.15, 0.2) is 0 Å². The Morgan fingerprint density at radius 2 is 2.12 bits per heavy atom. The predicted molar refractivity (Wildman–Crippen MR) is 57.8 cm³/mol. The van der Waals surface area contributed by atoms with Gasteiger partial charge in [-0.25, -0.2) is 9.78 Å². The van der Waals surface area contributed by atoms with Crippen molar-refractivity contribution in [1.29, 1.82) is 0 Å². The van der Waals surface area contributed by atoms with Gasteiger partial charge < -0.3 is 9.84 Å². The van der Waals surface area contributed by atoms with Crippen LogP contribution in [0.4, 0.5) is 0 Å². The Balaban J connectivity index is 2.84. The molecule has 0 fully saturated rings. The number of hydrogen-bond donors (Lipinski definition) is 1. The van der Waals surface area contributed by atoms with Crippen molar-refractivity contribution in [2.75, 3.05) is 7.11 Å². The summed E-state index contributed by atoms with van der Waals surface area (Å²) in [5.41, 5.74) is 1.52.